The topological polar surface area (TPSA) is 54.4 Å². The van der Waals surface area contributed by atoms with Crippen LogP contribution >= 0.6 is 0 Å². The Bertz CT molecular complexity index is 463. The van der Waals surface area contributed by atoms with Crippen molar-refractivity contribution in [2.45, 2.75) is 33.1 Å². The normalized spacial score (nSPS) is 13.4. The Kier molecular flexibility index (Phi) is 6.52. The molecule has 1 atom stereocenters. The summed E-state index contributed by atoms with van der Waals surface area (Å²) in [6, 6.07) is 8.16. The summed E-state index contributed by atoms with van der Waals surface area (Å²) in [4.78, 5) is 0. The van der Waals surface area contributed by atoms with Gasteiger partial charge >= 0.3 is 0 Å². The van der Waals surface area contributed by atoms with Crippen LogP contribution in [0, 0.1) is 12.8 Å². The molecule has 108 valence electrons. The number of sulfone groups is 1. The van der Waals surface area contributed by atoms with Crippen molar-refractivity contribution >= 4 is 9.84 Å². The molecule has 0 saturated carbocycles. The van der Waals surface area contributed by atoms with Crippen molar-refractivity contribution in [3.8, 4) is 0 Å². The van der Waals surface area contributed by atoms with Crippen molar-refractivity contribution < 1.29 is 13.5 Å². The molecule has 0 aromatic heterocycles. The molecule has 0 amide bonds. The lowest BCUT2D eigenvalue weighted by Crippen LogP contribution is -2.18. The van der Waals surface area contributed by atoms with Crippen LogP contribution in [0.3, 0.4) is 0 Å². The second-order valence-electron chi connectivity index (χ2n) is 5.18. The summed E-state index contributed by atoms with van der Waals surface area (Å²) in [6.45, 7) is 3.94. The molecule has 0 fully saturated rings. The van der Waals surface area contributed by atoms with Crippen LogP contribution in [0.4, 0.5) is 0 Å². The SMILES string of the molecule is CCCS(=O)(=O)CCC(CO)Cc1ccc(C)cc1. The minimum atomic E-state index is -2.95. The van der Waals surface area contributed by atoms with Gasteiger partial charge in [-0.25, -0.2) is 8.42 Å². The number of aryl methyl sites for hydroxylation is 1. The molecule has 1 aromatic carbocycles. The van der Waals surface area contributed by atoms with E-state index in [0.29, 0.717) is 12.8 Å². The number of aliphatic hydroxyl groups is 1. The zero-order valence-corrected chi connectivity index (χ0v) is 12.6. The first-order chi connectivity index (χ1) is 8.96. The summed E-state index contributed by atoms with van der Waals surface area (Å²) in [5.74, 6) is 0.447. The maximum Gasteiger partial charge on any atom is 0.150 e. The van der Waals surface area contributed by atoms with Crippen LogP contribution in [-0.4, -0.2) is 31.6 Å². The highest BCUT2D eigenvalue weighted by Gasteiger charge is 2.15. The van der Waals surface area contributed by atoms with Gasteiger partial charge < -0.3 is 5.11 Å². The molecule has 1 N–H and O–H groups in total. The van der Waals surface area contributed by atoms with E-state index in [1.807, 2.05) is 38.1 Å². The van der Waals surface area contributed by atoms with E-state index >= 15 is 0 Å². The van der Waals surface area contributed by atoms with Gasteiger partial charge in [0.05, 0.1) is 5.75 Å². The summed E-state index contributed by atoms with van der Waals surface area (Å²) in [5.41, 5.74) is 2.35. The summed E-state index contributed by atoms with van der Waals surface area (Å²) in [5, 5.41) is 9.37. The van der Waals surface area contributed by atoms with Gasteiger partial charge in [0.1, 0.15) is 9.84 Å². The molecule has 1 unspecified atom stereocenters. The molecule has 19 heavy (non-hydrogen) atoms. The van der Waals surface area contributed by atoms with Crippen molar-refractivity contribution in [1.29, 1.82) is 0 Å². The van der Waals surface area contributed by atoms with Crippen LogP contribution in [0.1, 0.15) is 30.9 Å². The molecule has 0 bridgehead atoms. The maximum absolute atomic E-state index is 11.7. The Balaban J connectivity index is 2.52. The predicted octanol–water partition coefficient (Wildman–Crippen LogP) is 2.36. The van der Waals surface area contributed by atoms with Gasteiger partial charge in [-0.1, -0.05) is 36.8 Å². The molecule has 0 heterocycles. The number of hydrogen-bond acceptors (Lipinski definition) is 3. The molecule has 1 rings (SSSR count). The molecule has 0 aliphatic heterocycles. The van der Waals surface area contributed by atoms with Crippen LogP contribution in [0.5, 0.6) is 0 Å². The van der Waals surface area contributed by atoms with Crippen LogP contribution in [-0.2, 0) is 16.3 Å². The maximum atomic E-state index is 11.7. The first-order valence-corrected chi connectivity index (χ1v) is 8.66. The number of hydrogen-bond donors (Lipinski definition) is 1. The second kappa shape index (κ2) is 7.65. The van der Waals surface area contributed by atoms with E-state index in [1.165, 1.54) is 5.56 Å². The van der Waals surface area contributed by atoms with Crippen molar-refractivity contribution in [2.24, 2.45) is 5.92 Å². The van der Waals surface area contributed by atoms with Crippen LogP contribution < -0.4 is 0 Å². The van der Waals surface area contributed by atoms with Gasteiger partial charge in [-0.2, -0.15) is 0 Å². The Morgan fingerprint density at radius 1 is 1.16 bits per heavy atom. The lowest BCUT2D eigenvalue weighted by Gasteiger charge is -2.14. The highest BCUT2D eigenvalue weighted by atomic mass is 32.2. The van der Waals surface area contributed by atoms with E-state index in [2.05, 4.69) is 0 Å². The van der Waals surface area contributed by atoms with E-state index in [-0.39, 0.29) is 24.0 Å². The Morgan fingerprint density at radius 3 is 2.32 bits per heavy atom. The standard InChI is InChI=1S/C15H24O3S/c1-3-9-19(17,18)10-8-15(12-16)11-14-6-4-13(2)5-7-14/h4-7,15-16H,3,8-12H2,1-2H3. The fraction of sp³-hybridized carbons (Fsp3) is 0.600. The number of aliphatic hydroxyl groups excluding tert-OH is 1. The molecule has 1 aromatic rings. The van der Waals surface area contributed by atoms with E-state index in [0.717, 1.165) is 12.0 Å². The average Bonchev–Trinajstić information content (AvgIpc) is 2.36. The third-order valence-electron chi connectivity index (χ3n) is 3.26. The van der Waals surface area contributed by atoms with Gasteiger partial charge in [0, 0.05) is 12.4 Å². The zero-order valence-electron chi connectivity index (χ0n) is 11.8. The molecular formula is C15H24O3S. The smallest absolute Gasteiger partial charge is 0.150 e. The highest BCUT2D eigenvalue weighted by molar-refractivity contribution is 7.91. The van der Waals surface area contributed by atoms with E-state index in [4.69, 9.17) is 0 Å². The summed E-state index contributed by atoms with van der Waals surface area (Å²) in [7, 11) is -2.95. The van der Waals surface area contributed by atoms with Crippen molar-refractivity contribution in [2.75, 3.05) is 18.1 Å². The molecule has 4 heteroatoms. The van der Waals surface area contributed by atoms with Crippen LogP contribution in [0.2, 0.25) is 0 Å². The van der Waals surface area contributed by atoms with Crippen LogP contribution in [0.15, 0.2) is 24.3 Å². The Hall–Kier alpha value is -0.870. The van der Waals surface area contributed by atoms with Gasteiger partial charge in [-0.3, -0.25) is 0 Å². The van der Waals surface area contributed by atoms with Crippen molar-refractivity contribution in [1.82, 2.24) is 0 Å². The Labute approximate surface area is 116 Å². The molecule has 3 nitrogen and oxygen atoms in total. The van der Waals surface area contributed by atoms with E-state index in [1.54, 1.807) is 0 Å². The van der Waals surface area contributed by atoms with Crippen LogP contribution in [0.25, 0.3) is 0 Å². The van der Waals surface area contributed by atoms with Gasteiger partial charge in [-0.05, 0) is 37.7 Å². The minimum absolute atomic E-state index is 0.0225. The minimum Gasteiger partial charge on any atom is -0.396 e. The summed E-state index contributed by atoms with van der Waals surface area (Å²) >= 11 is 0. The highest BCUT2D eigenvalue weighted by Crippen LogP contribution is 2.14. The van der Waals surface area contributed by atoms with Gasteiger partial charge in [0.15, 0.2) is 0 Å². The molecule has 0 radical (unpaired) electrons. The van der Waals surface area contributed by atoms with Gasteiger partial charge in [0.25, 0.3) is 0 Å². The van der Waals surface area contributed by atoms with Crippen molar-refractivity contribution in [3.05, 3.63) is 35.4 Å². The van der Waals surface area contributed by atoms with Gasteiger partial charge in [0.2, 0.25) is 0 Å². The van der Waals surface area contributed by atoms with Crippen molar-refractivity contribution in [3.63, 3.8) is 0 Å². The van der Waals surface area contributed by atoms with E-state index < -0.39 is 9.84 Å². The third kappa shape index (κ3) is 6.21. The quantitative estimate of drug-likeness (QED) is 0.797. The zero-order chi connectivity index (χ0) is 14.3. The first kappa shape index (κ1) is 16.2. The lowest BCUT2D eigenvalue weighted by molar-refractivity contribution is 0.222. The molecule has 0 saturated heterocycles. The number of rotatable bonds is 8. The van der Waals surface area contributed by atoms with E-state index in [9.17, 15) is 13.5 Å². The fourth-order valence-corrected chi connectivity index (χ4v) is 3.59. The summed E-state index contributed by atoms with van der Waals surface area (Å²) in [6.07, 6.45) is 1.93. The molecule has 0 spiro atoms. The third-order valence-corrected chi connectivity index (χ3v) is 5.14. The molecule has 0 aliphatic rings. The summed E-state index contributed by atoms with van der Waals surface area (Å²) < 4.78 is 23.3. The largest absolute Gasteiger partial charge is 0.396 e. The fourth-order valence-electron chi connectivity index (χ4n) is 2.07. The average molecular weight is 284 g/mol. The van der Waals surface area contributed by atoms with Gasteiger partial charge in [-0.15, -0.1) is 0 Å². The molecular weight excluding hydrogens is 260 g/mol. The lowest BCUT2D eigenvalue weighted by atomic mass is 9.97. The molecule has 0 aliphatic carbocycles. The Morgan fingerprint density at radius 2 is 1.79 bits per heavy atom. The predicted molar refractivity (Wildman–Crippen MR) is 79.0 cm³/mol. The monoisotopic (exact) mass is 284 g/mol. The first-order valence-electron chi connectivity index (χ1n) is 6.83. The second-order valence-corrected chi connectivity index (χ2v) is 7.48. The number of benzene rings is 1.